The van der Waals surface area contributed by atoms with Crippen molar-refractivity contribution in [2.24, 2.45) is 0 Å². The van der Waals surface area contributed by atoms with E-state index in [2.05, 4.69) is 10.2 Å². The Hall–Kier alpha value is -3.36. The monoisotopic (exact) mass is 535 g/mol. The second-order valence-corrected chi connectivity index (χ2v) is 10.3. The number of benzene rings is 3. The van der Waals surface area contributed by atoms with Gasteiger partial charge < -0.3 is 9.80 Å². The van der Waals surface area contributed by atoms with E-state index < -0.39 is 0 Å². The van der Waals surface area contributed by atoms with Gasteiger partial charge in [-0.3, -0.25) is 9.36 Å². The van der Waals surface area contributed by atoms with Crippen LogP contribution in [0.2, 0.25) is 5.02 Å². The maximum atomic E-state index is 14.1. The molecular formula is C28H27ClFN5OS. The fraction of sp³-hybridized carbons (Fsp3) is 0.250. The van der Waals surface area contributed by atoms with Gasteiger partial charge in [-0.15, -0.1) is 10.2 Å². The highest BCUT2D eigenvalue weighted by Crippen LogP contribution is 2.29. The fourth-order valence-electron chi connectivity index (χ4n) is 4.41. The molecule has 2 heterocycles. The number of rotatable bonds is 8. The minimum atomic E-state index is -0.220. The van der Waals surface area contributed by atoms with Crippen molar-refractivity contribution in [3.05, 3.63) is 89.7 Å². The van der Waals surface area contributed by atoms with Crippen molar-refractivity contribution in [1.29, 1.82) is 0 Å². The maximum absolute atomic E-state index is 14.1. The quantitative estimate of drug-likeness (QED) is 0.206. The van der Waals surface area contributed by atoms with Gasteiger partial charge in [0.2, 0.25) is 5.91 Å². The number of anilines is 1. The van der Waals surface area contributed by atoms with E-state index in [1.807, 2.05) is 75.0 Å². The van der Waals surface area contributed by atoms with Crippen molar-refractivity contribution in [2.45, 2.75) is 18.0 Å². The van der Waals surface area contributed by atoms with Crippen LogP contribution in [0.1, 0.15) is 12.8 Å². The standard InChI is InChI=1S/C28H27ClFN5OS/c29-22-14-12-21(13-15-22)27-31-32-28(35(27)23-7-2-1-3-8-23)37-20-6-11-26(36)34-18-16-33(17-19-34)25-10-5-4-9-24(25)30/h1-5,7-10,12-15H,6,11,16-20H2. The van der Waals surface area contributed by atoms with Crippen molar-refractivity contribution in [1.82, 2.24) is 19.7 Å². The van der Waals surface area contributed by atoms with E-state index in [9.17, 15) is 9.18 Å². The number of carbonyl (C=O) groups is 1. The van der Waals surface area contributed by atoms with Gasteiger partial charge >= 0.3 is 0 Å². The highest BCUT2D eigenvalue weighted by atomic mass is 35.5. The first-order chi connectivity index (χ1) is 18.1. The first-order valence-electron chi connectivity index (χ1n) is 12.3. The minimum absolute atomic E-state index is 0.139. The lowest BCUT2D eigenvalue weighted by molar-refractivity contribution is -0.131. The zero-order chi connectivity index (χ0) is 25.6. The molecular weight excluding hydrogens is 509 g/mol. The van der Waals surface area contributed by atoms with Crippen LogP contribution in [0.4, 0.5) is 10.1 Å². The Morgan fingerprint density at radius 1 is 0.892 bits per heavy atom. The van der Waals surface area contributed by atoms with Gasteiger partial charge in [0.15, 0.2) is 11.0 Å². The summed E-state index contributed by atoms with van der Waals surface area (Å²) in [4.78, 5) is 16.7. The van der Waals surface area contributed by atoms with Crippen molar-refractivity contribution >= 4 is 35.0 Å². The molecule has 1 aliphatic rings. The van der Waals surface area contributed by atoms with Crippen LogP contribution < -0.4 is 4.90 Å². The van der Waals surface area contributed by atoms with Crippen LogP contribution in [0.5, 0.6) is 0 Å². The molecule has 0 radical (unpaired) electrons. The highest BCUT2D eigenvalue weighted by Gasteiger charge is 2.22. The van der Waals surface area contributed by atoms with Gasteiger partial charge in [-0.1, -0.05) is 53.7 Å². The summed E-state index contributed by atoms with van der Waals surface area (Å²) >= 11 is 7.66. The van der Waals surface area contributed by atoms with Gasteiger partial charge in [-0.2, -0.15) is 0 Å². The van der Waals surface area contributed by atoms with E-state index in [0.29, 0.717) is 43.3 Å². The number of piperazine rings is 1. The third-order valence-electron chi connectivity index (χ3n) is 6.34. The summed E-state index contributed by atoms with van der Waals surface area (Å²) < 4.78 is 16.1. The molecule has 4 aromatic rings. The lowest BCUT2D eigenvalue weighted by Gasteiger charge is -2.36. The number of hydrogen-bond donors (Lipinski definition) is 0. The minimum Gasteiger partial charge on any atom is -0.366 e. The number of para-hydroxylation sites is 2. The van der Waals surface area contributed by atoms with E-state index in [1.54, 1.807) is 23.9 Å². The van der Waals surface area contributed by atoms with Crippen LogP contribution in [-0.2, 0) is 4.79 Å². The van der Waals surface area contributed by atoms with Crippen LogP contribution in [0.15, 0.2) is 84.0 Å². The van der Waals surface area contributed by atoms with Gasteiger partial charge in [-0.05, 0) is 55.0 Å². The molecule has 1 amide bonds. The summed E-state index contributed by atoms with van der Waals surface area (Å²) in [6.07, 6.45) is 1.20. The summed E-state index contributed by atoms with van der Waals surface area (Å²) in [6.45, 7) is 2.48. The van der Waals surface area contributed by atoms with Crippen molar-refractivity contribution in [3.8, 4) is 17.1 Å². The normalized spacial score (nSPS) is 13.7. The van der Waals surface area contributed by atoms with Gasteiger partial charge in [0.25, 0.3) is 0 Å². The molecule has 1 saturated heterocycles. The van der Waals surface area contributed by atoms with Crippen LogP contribution >= 0.6 is 23.4 Å². The number of halogens is 2. The molecule has 1 aromatic heterocycles. The summed E-state index contributed by atoms with van der Waals surface area (Å²) in [5, 5.41) is 10.4. The molecule has 0 bridgehead atoms. The molecule has 1 fully saturated rings. The van der Waals surface area contributed by atoms with Gasteiger partial charge in [0.1, 0.15) is 5.82 Å². The summed E-state index contributed by atoms with van der Waals surface area (Å²) in [5.41, 5.74) is 2.51. The SMILES string of the molecule is O=C(CCCSc1nnc(-c2ccc(Cl)cc2)n1-c1ccccc1)N1CCN(c2ccccc2F)CC1. The number of thioether (sulfide) groups is 1. The molecule has 5 rings (SSSR count). The Morgan fingerprint density at radius 3 is 2.32 bits per heavy atom. The van der Waals surface area contributed by atoms with Crippen LogP contribution in [0.3, 0.4) is 0 Å². The van der Waals surface area contributed by atoms with Crippen LogP contribution in [0, 0.1) is 5.82 Å². The van der Waals surface area contributed by atoms with E-state index in [4.69, 9.17) is 11.6 Å². The van der Waals surface area contributed by atoms with Gasteiger partial charge in [0, 0.05) is 54.6 Å². The fourth-order valence-corrected chi connectivity index (χ4v) is 5.43. The Kier molecular flexibility index (Phi) is 8.06. The Labute approximate surface area is 225 Å². The molecule has 3 aromatic carbocycles. The summed E-state index contributed by atoms with van der Waals surface area (Å²) in [7, 11) is 0. The largest absolute Gasteiger partial charge is 0.366 e. The number of aromatic nitrogens is 3. The van der Waals surface area contributed by atoms with Gasteiger partial charge in [0.05, 0.1) is 5.69 Å². The second kappa shape index (κ2) is 11.8. The van der Waals surface area contributed by atoms with E-state index >= 15 is 0 Å². The first-order valence-corrected chi connectivity index (χ1v) is 13.6. The Morgan fingerprint density at radius 2 is 1.59 bits per heavy atom. The van der Waals surface area contributed by atoms with E-state index in [-0.39, 0.29) is 11.7 Å². The molecule has 0 spiro atoms. The molecule has 9 heteroatoms. The molecule has 1 aliphatic heterocycles. The summed E-state index contributed by atoms with van der Waals surface area (Å²) in [5.74, 6) is 1.41. The molecule has 0 N–H and O–H groups in total. The third-order valence-corrected chi connectivity index (χ3v) is 7.61. The zero-order valence-electron chi connectivity index (χ0n) is 20.3. The smallest absolute Gasteiger partial charge is 0.222 e. The average molecular weight is 536 g/mol. The number of nitrogens with zero attached hydrogens (tertiary/aromatic N) is 5. The molecule has 0 saturated carbocycles. The van der Waals surface area contributed by atoms with Crippen molar-refractivity contribution in [2.75, 3.05) is 36.8 Å². The second-order valence-electron chi connectivity index (χ2n) is 8.76. The van der Waals surface area contributed by atoms with Crippen LogP contribution in [-0.4, -0.2) is 57.5 Å². The predicted octanol–water partition coefficient (Wildman–Crippen LogP) is 5.95. The highest BCUT2D eigenvalue weighted by molar-refractivity contribution is 7.99. The molecule has 0 aliphatic carbocycles. The molecule has 6 nitrogen and oxygen atoms in total. The molecule has 190 valence electrons. The number of hydrogen-bond acceptors (Lipinski definition) is 5. The predicted molar refractivity (Wildman–Crippen MR) is 147 cm³/mol. The van der Waals surface area contributed by atoms with Crippen molar-refractivity contribution in [3.63, 3.8) is 0 Å². The van der Waals surface area contributed by atoms with Crippen molar-refractivity contribution < 1.29 is 9.18 Å². The third kappa shape index (κ3) is 5.97. The lowest BCUT2D eigenvalue weighted by Crippen LogP contribution is -2.49. The molecule has 37 heavy (non-hydrogen) atoms. The summed E-state index contributed by atoms with van der Waals surface area (Å²) in [6, 6.07) is 24.3. The number of amides is 1. The van der Waals surface area contributed by atoms with Crippen LogP contribution in [0.25, 0.3) is 17.1 Å². The average Bonchev–Trinajstić information content (AvgIpc) is 3.36. The van der Waals surface area contributed by atoms with Gasteiger partial charge in [-0.25, -0.2) is 4.39 Å². The zero-order valence-corrected chi connectivity index (χ0v) is 21.8. The maximum Gasteiger partial charge on any atom is 0.222 e. The first kappa shape index (κ1) is 25.3. The Balaban J connectivity index is 1.17. The topological polar surface area (TPSA) is 54.3 Å². The van der Waals surface area contributed by atoms with E-state index in [0.717, 1.165) is 34.4 Å². The lowest BCUT2D eigenvalue weighted by atomic mass is 10.2. The number of carbonyl (C=O) groups excluding carboxylic acids is 1. The Bertz CT molecular complexity index is 1340. The molecule has 0 atom stereocenters. The van der Waals surface area contributed by atoms with E-state index in [1.165, 1.54) is 6.07 Å². The molecule has 0 unspecified atom stereocenters.